The van der Waals surface area contributed by atoms with Crippen molar-refractivity contribution in [3.63, 3.8) is 0 Å². The first-order valence-electron chi connectivity index (χ1n) is 6.87. The number of amidine groups is 1. The average Bonchev–Trinajstić information content (AvgIpc) is 3.04. The molecule has 6 nitrogen and oxygen atoms in total. The number of hydrogen-bond donors (Lipinski definition) is 1. The van der Waals surface area contributed by atoms with E-state index in [0.29, 0.717) is 16.7 Å². The Morgan fingerprint density at radius 1 is 1.39 bits per heavy atom. The zero-order valence-electron chi connectivity index (χ0n) is 12.5. The minimum Gasteiger partial charge on any atom is -0.301 e. The number of carbonyl (C=O) groups is 2. The smallest absolute Gasteiger partial charge is 0.261 e. The first kappa shape index (κ1) is 16.4. The molecule has 0 fully saturated rings. The number of anilines is 1. The second-order valence-electron chi connectivity index (χ2n) is 4.99. The van der Waals surface area contributed by atoms with Crippen LogP contribution in [-0.4, -0.2) is 39.2 Å². The van der Waals surface area contributed by atoms with Crippen molar-refractivity contribution in [2.24, 2.45) is 15.9 Å². The van der Waals surface area contributed by atoms with Crippen LogP contribution in [0.2, 0.25) is 0 Å². The van der Waals surface area contributed by atoms with Gasteiger partial charge in [0, 0.05) is 11.1 Å². The van der Waals surface area contributed by atoms with Crippen molar-refractivity contribution < 1.29 is 9.59 Å². The summed E-state index contributed by atoms with van der Waals surface area (Å²) in [4.78, 5) is 38.4. The fourth-order valence-corrected chi connectivity index (χ4v) is 4.39. The number of thiazole rings is 1. The predicted octanol–water partition coefficient (Wildman–Crippen LogP) is 2.73. The molecule has 2 amide bonds. The Hall–Kier alpha value is -1.45. The van der Waals surface area contributed by atoms with Gasteiger partial charge >= 0.3 is 0 Å². The Labute approximate surface area is 146 Å². The third kappa shape index (κ3) is 4.10. The van der Waals surface area contributed by atoms with Crippen LogP contribution in [0.25, 0.3) is 0 Å². The highest BCUT2D eigenvalue weighted by atomic mass is 32.2. The topological polar surface area (TPSA) is 83.8 Å². The molecule has 0 bridgehead atoms. The number of rotatable bonds is 5. The molecule has 23 heavy (non-hydrogen) atoms. The maximum Gasteiger partial charge on any atom is 0.261 e. The summed E-state index contributed by atoms with van der Waals surface area (Å²) in [5, 5.41) is 4.14. The van der Waals surface area contributed by atoms with Crippen molar-refractivity contribution in [2.45, 2.75) is 13.8 Å². The number of aliphatic imine (C=N–C) groups is 2. The average molecular weight is 366 g/mol. The zero-order chi connectivity index (χ0) is 16.4. The molecule has 0 spiro atoms. The number of hydrogen-bond acceptors (Lipinski definition) is 7. The lowest BCUT2D eigenvalue weighted by Crippen LogP contribution is -2.24. The Morgan fingerprint density at radius 3 is 2.96 bits per heavy atom. The third-order valence-electron chi connectivity index (χ3n) is 3.01. The first-order valence-corrected chi connectivity index (χ1v) is 9.66. The summed E-state index contributed by atoms with van der Waals surface area (Å²) in [7, 11) is 0. The molecule has 1 aromatic heterocycles. The molecule has 0 aromatic carbocycles. The summed E-state index contributed by atoms with van der Waals surface area (Å²) in [6, 6.07) is 0. The van der Waals surface area contributed by atoms with Crippen LogP contribution >= 0.6 is 34.9 Å². The van der Waals surface area contributed by atoms with Crippen LogP contribution in [0.4, 0.5) is 5.13 Å². The van der Waals surface area contributed by atoms with Crippen molar-refractivity contribution in [2.75, 3.05) is 16.8 Å². The second kappa shape index (κ2) is 6.98. The number of carbonyl (C=O) groups excluding carboxylic acids is 2. The van der Waals surface area contributed by atoms with Crippen LogP contribution in [0.15, 0.2) is 27.2 Å². The molecule has 2 aliphatic heterocycles. The highest BCUT2D eigenvalue weighted by Gasteiger charge is 2.32. The molecule has 0 aliphatic carbocycles. The van der Waals surface area contributed by atoms with Crippen LogP contribution in [0.5, 0.6) is 0 Å². The molecule has 120 valence electrons. The van der Waals surface area contributed by atoms with E-state index >= 15 is 0 Å². The minimum atomic E-state index is -0.301. The normalized spacial score (nSPS) is 19.8. The molecule has 0 saturated carbocycles. The number of thioether (sulfide) groups is 2. The molecule has 3 heterocycles. The monoisotopic (exact) mass is 366 g/mol. The number of nitrogens with zero attached hydrogens (tertiary/aromatic N) is 3. The van der Waals surface area contributed by atoms with Gasteiger partial charge in [0.15, 0.2) is 5.13 Å². The van der Waals surface area contributed by atoms with Crippen LogP contribution in [0.1, 0.15) is 11.8 Å². The second-order valence-corrected chi connectivity index (χ2v) is 8.48. The third-order valence-corrected chi connectivity index (χ3v) is 5.78. The number of aryl methyl sites for hydroxylation is 1. The number of aromatic nitrogens is 1. The number of allylic oxidation sites excluding steroid dienone is 1. The molecule has 1 unspecified atom stereocenters. The minimum absolute atomic E-state index is 0.120. The van der Waals surface area contributed by atoms with E-state index in [1.54, 1.807) is 6.20 Å². The van der Waals surface area contributed by atoms with Gasteiger partial charge in [-0.1, -0.05) is 17.8 Å². The Kier molecular flexibility index (Phi) is 4.98. The van der Waals surface area contributed by atoms with Crippen LogP contribution < -0.4 is 5.32 Å². The van der Waals surface area contributed by atoms with E-state index in [2.05, 4.69) is 20.3 Å². The summed E-state index contributed by atoms with van der Waals surface area (Å²) in [5.41, 5.74) is 0. The molecule has 1 atom stereocenters. The summed E-state index contributed by atoms with van der Waals surface area (Å²) < 4.78 is 0. The maximum absolute atomic E-state index is 12.0. The van der Waals surface area contributed by atoms with Crippen molar-refractivity contribution >= 4 is 62.7 Å². The van der Waals surface area contributed by atoms with E-state index < -0.39 is 0 Å². The largest absolute Gasteiger partial charge is 0.301 e. The molecule has 0 radical (unpaired) electrons. The molecular formula is C14H14N4O2S3. The Morgan fingerprint density at radius 2 is 2.22 bits per heavy atom. The van der Waals surface area contributed by atoms with Crippen molar-refractivity contribution in [1.82, 2.24) is 4.98 Å². The number of fused-ring (bicyclic) bond motifs is 1. The summed E-state index contributed by atoms with van der Waals surface area (Å²) >= 11 is 4.33. The van der Waals surface area contributed by atoms with Crippen LogP contribution in [0.3, 0.4) is 0 Å². The van der Waals surface area contributed by atoms with Gasteiger partial charge in [0.2, 0.25) is 5.91 Å². The highest BCUT2D eigenvalue weighted by molar-refractivity contribution is 8.17. The van der Waals surface area contributed by atoms with E-state index in [0.717, 1.165) is 14.8 Å². The number of amides is 2. The molecule has 1 N–H and O–H groups in total. The lowest BCUT2D eigenvalue weighted by molar-refractivity contribution is -0.118. The fraction of sp³-hybridized carbons (Fsp3) is 0.357. The van der Waals surface area contributed by atoms with Gasteiger partial charge in [-0.15, -0.1) is 23.1 Å². The highest BCUT2D eigenvalue weighted by Crippen LogP contribution is 2.34. The van der Waals surface area contributed by atoms with Gasteiger partial charge in [-0.25, -0.2) is 9.98 Å². The SMILES string of the molecule is CC1=CC2C(=O)N=C(CSCC(=O)Nc3ncc(C)s3)N=C2S1. The molecule has 0 saturated heterocycles. The van der Waals surface area contributed by atoms with Gasteiger partial charge in [0.05, 0.1) is 16.5 Å². The van der Waals surface area contributed by atoms with Crippen molar-refractivity contribution in [3.05, 3.63) is 22.1 Å². The lowest BCUT2D eigenvalue weighted by Gasteiger charge is -2.12. The molecule has 9 heteroatoms. The van der Waals surface area contributed by atoms with Gasteiger partial charge in [-0.2, -0.15) is 4.99 Å². The van der Waals surface area contributed by atoms with E-state index in [1.807, 2.05) is 19.9 Å². The maximum atomic E-state index is 12.0. The van der Waals surface area contributed by atoms with Gasteiger partial charge in [0.1, 0.15) is 11.8 Å². The van der Waals surface area contributed by atoms with E-state index in [4.69, 9.17) is 0 Å². The Bertz CT molecular complexity index is 751. The fourth-order valence-electron chi connectivity index (χ4n) is 2.05. The molecular weight excluding hydrogens is 352 g/mol. The van der Waals surface area contributed by atoms with E-state index in [1.165, 1.54) is 34.9 Å². The summed E-state index contributed by atoms with van der Waals surface area (Å²) in [6.07, 6.45) is 3.61. The molecule has 1 aromatic rings. The first-order chi connectivity index (χ1) is 11.0. The number of nitrogens with one attached hydrogen (secondary N) is 1. The van der Waals surface area contributed by atoms with Crippen molar-refractivity contribution in [1.29, 1.82) is 0 Å². The summed E-state index contributed by atoms with van der Waals surface area (Å²) in [6.45, 7) is 3.89. The van der Waals surface area contributed by atoms with E-state index in [9.17, 15) is 9.59 Å². The van der Waals surface area contributed by atoms with Crippen LogP contribution in [-0.2, 0) is 9.59 Å². The lowest BCUT2D eigenvalue weighted by atomic mass is 10.1. The summed E-state index contributed by atoms with van der Waals surface area (Å²) in [5.74, 6) is 0.601. The molecule has 3 rings (SSSR count). The van der Waals surface area contributed by atoms with Gasteiger partial charge < -0.3 is 5.32 Å². The van der Waals surface area contributed by atoms with Gasteiger partial charge in [-0.3, -0.25) is 9.59 Å². The standard InChI is InChI=1S/C14H14N4O2S3/c1-7-3-9-12(20)16-10(17-13(9)22-7)5-21-6-11(19)18-14-15-4-8(2)23-14/h3-4,9H,5-6H2,1-2H3,(H,15,18,19). The van der Waals surface area contributed by atoms with E-state index in [-0.39, 0.29) is 23.5 Å². The zero-order valence-corrected chi connectivity index (χ0v) is 15.0. The quantitative estimate of drug-likeness (QED) is 0.866. The van der Waals surface area contributed by atoms with Crippen LogP contribution in [0, 0.1) is 12.8 Å². The van der Waals surface area contributed by atoms with Gasteiger partial charge in [0.25, 0.3) is 5.91 Å². The van der Waals surface area contributed by atoms with Crippen molar-refractivity contribution in [3.8, 4) is 0 Å². The molecule has 2 aliphatic rings. The van der Waals surface area contributed by atoms with Gasteiger partial charge in [-0.05, 0) is 18.8 Å². The predicted molar refractivity (Wildman–Crippen MR) is 97.5 cm³/mol. The Balaban J connectivity index is 1.49.